The molecule has 0 aliphatic heterocycles. The summed E-state index contributed by atoms with van der Waals surface area (Å²) in [5.41, 5.74) is 0.608. The van der Waals surface area contributed by atoms with Gasteiger partial charge in [0.25, 0.3) is 5.91 Å². The molecule has 0 aromatic carbocycles. The SMILES string of the molecule is CCCNc1ccc(C(=O)N(CCOC)C(C)C)cn1. The van der Waals surface area contributed by atoms with E-state index in [0.29, 0.717) is 18.7 Å². The molecule has 0 atom stereocenters. The van der Waals surface area contributed by atoms with Gasteiger partial charge in [0, 0.05) is 32.4 Å². The molecule has 1 rings (SSSR count). The summed E-state index contributed by atoms with van der Waals surface area (Å²) >= 11 is 0. The number of methoxy groups -OCH3 is 1. The number of hydrogen-bond donors (Lipinski definition) is 1. The van der Waals surface area contributed by atoms with E-state index in [4.69, 9.17) is 4.74 Å². The van der Waals surface area contributed by atoms with E-state index in [9.17, 15) is 4.79 Å². The first-order chi connectivity index (χ1) is 9.60. The van der Waals surface area contributed by atoms with Crippen molar-refractivity contribution in [2.24, 2.45) is 0 Å². The van der Waals surface area contributed by atoms with E-state index < -0.39 is 0 Å². The molecule has 1 amide bonds. The Bertz CT molecular complexity index is 404. The molecule has 20 heavy (non-hydrogen) atoms. The van der Waals surface area contributed by atoms with Crippen LogP contribution in [0.25, 0.3) is 0 Å². The summed E-state index contributed by atoms with van der Waals surface area (Å²) in [4.78, 5) is 18.5. The van der Waals surface area contributed by atoms with Gasteiger partial charge in [0.05, 0.1) is 12.2 Å². The Morgan fingerprint density at radius 2 is 2.20 bits per heavy atom. The Morgan fingerprint density at radius 1 is 1.45 bits per heavy atom. The lowest BCUT2D eigenvalue weighted by atomic mass is 10.2. The van der Waals surface area contributed by atoms with Gasteiger partial charge in [0.15, 0.2) is 0 Å². The van der Waals surface area contributed by atoms with Crippen molar-refractivity contribution in [2.45, 2.75) is 33.2 Å². The second-order valence-electron chi connectivity index (χ2n) is 4.94. The highest BCUT2D eigenvalue weighted by Gasteiger charge is 2.18. The zero-order chi connectivity index (χ0) is 15.0. The van der Waals surface area contributed by atoms with Gasteiger partial charge in [-0.1, -0.05) is 6.92 Å². The summed E-state index contributed by atoms with van der Waals surface area (Å²) in [6.07, 6.45) is 2.67. The lowest BCUT2D eigenvalue weighted by molar-refractivity contribution is 0.0634. The topological polar surface area (TPSA) is 54.5 Å². The molecule has 0 saturated carbocycles. The largest absolute Gasteiger partial charge is 0.383 e. The first kappa shape index (κ1) is 16.4. The first-order valence-corrected chi connectivity index (χ1v) is 7.10. The number of carbonyl (C=O) groups excluding carboxylic acids is 1. The minimum Gasteiger partial charge on any atom is -0.383 e. The molecular formula is C15H25N3O2. The summed E-state index contributed by atoms with van der Waals surface area (Å²) in [6, 6.07) is 3.79. The van der Waals surface area contributed by atoms with E-state index >= 15 is 0 Å². The Morgan fingerprint density at radius 3 is 2.70 bits per heavy atom. The van der Waals surface area contributed by atoms with Gasteiger partial charge < -0.3 is 15.0 Å². The Kier molecular flexibility index (Phi) is 7.01. The number of nitrogens with one attached hydrogen (secondary N) is 1. The number of aromatic nitrogens is 1. The van der Waals surface area contributed by atoms with Crippen LogP contribution >= 0.6 is 0 Å². The minimum atomic E-state index is -0.00779. The molecule has 0 saturated heterocycles. The number of rotatable bonds is 8. The third-order valence-electron chi connectivity index (χ3n) is 2.99. The second kappa shape index (κ2) is 8.53. The number of ether oxygens (including phenoxy) is 1. The summed E-state index contributed by atoms with van der Waals surface area (Å²) in [5, 5.41) is 3.19. The monoisotopic (exact) mass is 279 g/mol. The summed E-state index contributed by atoms with van der Waals surface area (Å²) in [5.74, 6) is 0.794. The number of carbonyl (C=O) groups is 1. The van der Waals surface area contributed by atoms with Crippen molar-refractivity contribution >= 4 is 11.7 Å². The van der Waals surface area contributed by atoms with Crippen molar-refractivity contribution < 1.29 is 9.53 Å². The molecule has 5 heteroatoms. The van der Waals surface area contributed by atoms with Crippen LogP contribution in [0.4, 0.5) is 5.82 Å². The van der Waals surface area contributed by atoms with Crippen LogP contribution in [0.5, 0.6) is 0 Å². The standard InChI is InChI=1S/C15H25N3O2/c1-5-8-16-14-7-6-13(11-17-14)15(19)18(12(2)3)9-10-20-4/h6-7,11-12H,5,8-10H2,1-4H3,(H,16,17). The lowest BCUT2D eigenvalue weighted by Crippen LogP contribution is -2.39. The van der Waals surface area contributed by atoms with Crippen molar-refractivity contribution in [3.8, 4) is 0 Å². The van der Waals surface area contributed by atoms with Gasteiger partial charge in [0.1, 0.15) is 5.82 Å². The minimum absolute atomic E-state index is 0.00779. The lowest BCUT2D eigenvalue weighted by Gasteiger charge is -2.26. The molecule has 112 valence electrons. The van der Waals surface area contributed by atoms with Crippen LogP contribution in [0.1, 0.15) is 37.6 Å². The first-order valence-electron chi connectivity index (χ1n) is 7.10. The molecule has 1 aromatic heterocycles. The molecule has 0 aliphatic rings. The number of pyridine rings is 1. The van der Waals surface area contributed by atoms with Gasteiger partial charge >= 0.3 is 0 Å². The second-order valence-corrected chi connectivity index (χ2v) is 4.94. The molecule has 0 bridgehead atoms. The van der Waals surface area contributed by atoms with Crippen LogP contribution in [0.3, 0.4) is 0 Å². The van der Waals surface area contributed by atoms with Gasteiger partial charge in [-0.15, -0.1) is 0 Å². The summed E-state index contributed by atoms with van der Waals surface area (Å²) in [6.45, 7) is 8.10. The van der Waals surface area contributed by atoms with Gasteiger partial charge in [-0.3, -0.25) is 4.79 Å². The molecular weight excluding hydrogens is 254 g/mol. The predicted molar refractivity (Wildman–Crippen MR) is 81.1 cm³/mol. The predicted octanol–water partition coefficient (Wildman–Crippen LogP) is 2.40. The Labute approximate surface area is 121 Å². The van der Waals surface area contributed by atoms with Crippen LogP contribution < -0.4 is 5.32 Å². The van der Waals surface area contributed by atoms with E-state index in [1.807, 2.05) is 26.0 Å². The third kappa shape index (κ3) is 4.81. The zero-order valence-corrected chi connectivity index (χ0v) is 12.8. The van der Waals surface area contributed by atoms with Gasteiger partial charge in [-0.05, 0) is 32.4 Å². The van der Waals surface area contributed by atoms with Crippen molar-refractivity contribution in [3.63, 3.8) is 0 Å². The summed E-state index contributed by atoms with van der Waals surface area (Å²) < 4.78 is 5.05. The van der Waals surface area contributed by atoms with Gasteiger partial charge in [-0.2, -0.15) is 0 Å². The summed E-state index contributed by atoms with van der Waals surface area (Å²) in [7, 11) is 1.64. The van der Waals surface area contributed by atoms with Gasteiger partial charge in [0.2, 0.25) is 0 Å². The van der Waals surface area contributed by atoms with E-state index in [1.165, 1.54) is 0 Å². The molecule has 1 aromatic rings. The smallest absolute Gasteiger partial charge is 0.255 e. The maximum Gasteiger partial charge on any atom is 0.255 e. The van der Waals surface area contributed by atoms with Crippen LogP contribution in [0.2, 0.25) is 0 Å². The van der Waals surface area contributed by atoms with Crippen molar-refractivity contribution in [2.75, 3.05) is 32.1 Å². The molecule has 0 fully saturated rings. The fraction of sp³-hybridized carbons (Fsp3) is 0.600. The molecule has 0 spiro atoms. The molecule has 5 nitrogen and oxygen atoms in total. The van der Waals surface area contributed by atoms with Crippen molar-refractivity contribution in [1.29, 1.82) is 0 Å². The quantitative estimate of drug-likeness (QED) is 0.794. The fourth-order valence-corrected chi connectivity index (χ4v) is 1.83. The van der Waals surface area contributed by atoms with E-state index in [-0.39, 0.29) is 11.9 Å². The molecule has 1 N–H and O–H groups in total. The maximum atomic E-state index is 12.4. The number of amides is 1. The molecule has 0 radical (unpaired) electrons. The average Bonchev–Trinajstić information content (AvgIpc) is 2.45. The van der Waals surface area contributed by atoms with E-state index in [0.717, 1.165) is 18.8 Å². The Balaban J connectivity index is 2.73. The average molecular weight is 279 g/mol. The van der Waals surface area contributed by atoms with Crippen molar-refractivity contribution in [1.82, 2.24) is 9.88 Å². The highest BCUT2D eigenvalue weighted by atomic mass is 16.5. The maximum absolute atomic E-state index is 12.4. The van der Waals surface area contributed by atoms with E-state index in [1.54, 1.807) is 18.2 Å². The number of anilines is 1. The number of hydrogen-bond acceptors (Lipinski definition) is 4. The molecule has 0 unspecified atom stereocenters. The molecule has 1 heterocycles. The van der Waals surface area contributed by atoms with E-state index in [2.05, 4.69) is 17.2 Å². The Hall–Kier alpha value is -1.62. The number of nitrogens with zero attached hydrogens (tertiary/aromatic N) is 2. The highest BCUT2D eigenvalue weighted by Crippen LogP contribution is 2.10. The van der Waals surface area contributed by atoms with Gasteiger partial charge in [-0.25, -0.2) is 4.98 Å². The zero-order valence-electron chi connectivity index (χ0n) is 12.8. The fourth-order valence-electron chi connectivity index (χ4n) is 1.83. The molecule has 0 aliphatic carbocycles. The van der Waals surface area contributed by atoms with Crippen LogP contribution in [-0.2, 0) is 4.74 Å². The third-order valence-corrected chi connectivity index (χ3v) is 2.99. The van der Waals surface area contributed by atoms with Crippen LogP contribution in [0.15, 0.2) is 18.3 Å². The normalized spacial score (nSPS) is 10.7. The van der Waals surface area contributed by atoms with Crippen LogP contribution in [-0.4, -0.2) is 48.6 Å². The van der Waals surface area contributed by atoms with Crippen molar-refractivity contribution in [3.05, 3.63) is 23.9 Å². The van der Waals surface area contributed by atoms with Crippen LogP contribution in [0, 0.1) is 0 Å². The highest BCUT2D eigenvalue weighted by molar-refractivity contribution is 5.94.